The number of carboxylic acids is 1. The van der Waals surface area contributed by atoms with Crippen LogP contribution in [0.15, 0.2) is 18.2 Å². The second-order valence-electron chi connectivity index (χ2n) is 5.27. The zero-order valence-corrected chi connectivity index (χ0v) is 13.2. The molecular formula is C15H20N2O3S. The van der Waals surface area contributed by atoms with Crippen LogP contribution in [0.1, 0.15) is 29.8 Å². The van der Waals surface area contributed by atoms with E-state index in [0.717, 1.165) is 17.9 Å². The summed E-state index contributed by atoms with van der Waals surface area (Å²) in [7, 11) is 0. The second kappa shape index (κ2) is 6.39. The van der Waals surface area contributed by atoms with Gasteiger partial charge in [-0.05, 0) is 37.6 Å². The molecule has 5 nitrogen and oxygen atoms in total. The van der Waals surface area contributed by atoms with Gasteiger partial charge in [0.05, 0.1) is 5.56 Å². The van der Waals surface area contributed by atoms with Gasteiger partial charge in [-0.2, -0.15) is 11.8 Å². The zero-order chi connectivity index (χ0) is 15.6. The number of aromatic carboxylic acids is 1. The Labute approximate surface area is 128 Å². The van der Waals surface area contributed by atoms with Crippen LogP contribution in [-0.2, 0) is 0 Å². The third-order valence-electron chi connectivity index (χ3n) is 3.86. The van der Waals surface area contributed by atoms with Gasteiger partial charge < -0.3 is 15.3 Å². The molecule has 1 heterocycles. The summed E-state index contributed by atoms with van der Waals surface area (Å²) in [5, 5.41) is 12.3. The number of carboxylic acid groups (broad SMARTS) is 1. The number of nitrogens with zero attached hydrogens (tertiary/aromatic N) is 1. The summed E-state index contributed by atoms with van der Waals surface area (Å²) in [6, 6.07) is 4.77. The molecule has 1 aliphatic heterocycles. The highest BCUT2D eigenvalue weighted by Crippen LogP contribution is 2.25. The summed E-state index contributed by atoms with van der Waals surface area (Å²) in [6.45, 7) is 6.70. The minimum Gasteiger partial charge on any atom is -0.478 e. The molecule has 1 aromatic carbocycles. The van der Waals surface area contributed by atoms with E-state index in [0.29, 0.717) is 10.9 Å². The molecule has 0 saturated carbocycles. The second-order valence-corrected chi connectivity index (χ2v) is 6.76. The van der Waals surface area contributed by atoms with E-state index in [4.69, 9.17) is 5.11 Å². The molecule has 0 radical (unpaired) electrons. The van der Waals surface area contributed by atoms with Gasteiger partial charge in [0.15, 0.2) is 0 Å². The lowest BCUT2D eigenvalue weighted by Gasteiger charge is -2.37. The zero-order valence-electron chi connectivity index (χ0n) is 12.4. The fourth-order valence-electron chi connectivity index (χ4n) is 2.34. The average Bonchev–Trinajstić information content (AvgIpc) is 2.43. The molecule has 2 rings (SSSR count). The molecule has 0 aromatic heterocycles. The first-order valence-corrected chi connectivity index (χ1v) is 7.98. The summed E-state index contributed by atoms with van der Waals surface area (Å²) >= 11 is 1.87. The van der Waals surface area contributed by atoms with E-state index in [9.17, 15) is 9.59 Å². The van der Waals surface area contributed by atoms with Crippen molar-refractivity contribution in [2.75, 3.05) is 17.6 Å². The van der Waals surface area contributed by atoms with Crippen LogP contribution in [0.2, 0.25) is 0 Å². The number of benzene rings is 1. The van der Waals surface area contributed by atoms with E-state index >= 15 is 0 Å². The number of thioether (sulfide) groups is 1. The molecule has 1 aliphatic rings. The van der Waals surface area contributed by atoms with Crippen molar-refractivity contribution in [1.29, 1.82) is 0 Å². The van der Waals surface area contributed by atoms with Crippen molar-refractivity contribution < 1.29 is 14.7 Å². The van der Waals surface area contributed by atoms with Gasteiger partial charge in [0.1, 0.15) is 0 Å². The number of hydrogen-bond acceptors (Lipinski definition) is 3. The van der Waals surface area contributed by atoms with Gasteiger partial charge >= 0.3 is 12.0 Å². The number of urea groups is 1. The fraction of sp³-hybridized carbons (Fsp3) is 0.467. The molecule has 2 atom stereocenters. The largest absolute Gasteiger partial charge is 0.478 e. The molecule has 1 saturated heterocycles. The number of rotatable bonds is 2. The highest BCUT2D eigenvalue weighted by Gasteiger charge is 2.29. The van der Waals surface area contributed by atoms with Crippen molar-refractivity contribution in [1.82, 2.24) is 4.90 Å². The third kappa shape index (κ3) is 3.50. The molecule has 1 fully saturated rings. The van der Waals surface area contributed by atoms with E-state index in [1.54, 1.807) is 19.1 Å². The Bertz CT molecular complexity index is 562. The highest BCUT2D eigenvalue weighted by atomic mass is 32.2. The van der Waals surface area contributed by atoms with Crippen LogP contribution in [-0.4, -0.2) is 45.6 Å². The summed E-state index contributed by atoms with van der Waals surface area (Å²) in [5.74, 6) is -0.0259. The quantitative estimate of drug-likeness (QED) is 0.881. The molecule has 0 bridgehead atoms. The summed E-state index contributed by atoms with van der Waals surface area (Å²) in [5.41, 5.74) is 1.63. The standard InChI is InChI=1S/C15H20N2O3S/c1-9-8-12(14(18)19)4-5-13(9)16-15(20)17-6-7-21-11(3)10(17)2/h4-5,8,10-11H,6-7H2,1-3H3,(H,16,20)(H,18,19). The van der Waals surface area contributed by atoms with Crippen LogP contribution < -0.4 is 5.32 Å². The number of hydrogen-bond donors (Lipinski definition) is 2. The van der Waals surface area contributed by atoms with Gasteiger partial charge in [0, 0.05) is 29.3 Å². The van der Waals surface area contributed by atoms with Crippen molar-refractivity contribution in [3.8, 4) is 0 Å². The smallest absolute Gasteiger partial charge is 0.335 e. The minimum absolute atomic E-state index is 0.124. The van der Waals surface area contributed by atoms with E-state index in [1.165, 1.54) is 6.07 Å². The van der Waals surface area contributed by atoms with Crippen LogP contribution in [0.25, 0.3) is 0 Å². The number of amides is 2. The molecular weight excluding hydrogens is 288 g/mol. The number of carbonyl (C=O) groups excluding carboxylic acids is 1. The first-order chi connectivity index (χ1) is 9.90. The average molecular weight is 308 g/mol. The molecule has 2 amide bonds. The molecule has 6 heteroatoms. The van der Waals surface area contributed by atoms with Gasteiger partial charge in [-0.3, -0.25) is 0 Å². The lowest BCUT2D eigenvalue weighted by Crippen LogP contribution is -2.49. The fourth-order valence-corrected chi connectivity index (χ4v) is 3.44. The maximum absolute atomic E-state index is 12.4. The Morgan fingerprint density at radius 2 is 2.10 bits per heavy atom. The first kappa shape index (κ1) is 15.7. The van der Waals surface area contributed by atoms with Gasteiger partial charge in [-0.15, -0.1) is 0 Å². The molecule has 0 aliphatic carbocycles. The van der Waals surface area contributed by atoms with E-state index in [2.05, 4.69) is 19.2 Å². The van der Waals surface area contributed by atoms with E-state index < -0.39 is 5.97 Å². The highest BCUT2D eigenvalue weighted by molar-refractivity contribution is 8.00. The lowest BCUT2D eigenvalue weighted by molar-refractivity contribution is 0.0697. The lowest BCUT2D eigenvalue weighted by atomic mass is 10.1. The van der Waals surface area contributed by atoms with Crippen molar-refractivity contribution in [3.63, 3.8) is 0 Å². The van der Waals surface area contributed by atoms with Crippen molar-refractivity contribution in [3.05, 3.63) is 29.3 Å². The van der Waals surface area contributed by atoms with Crippen LogP contribution in [0.4, 0.5) is 10.5 Å². The van der Waals surface area contributed by atoms with Gasteiger partial charge in [-0.1, -0.05) is 6.92 Å². The molecule has 114 valence electrons. The summed E-state index contributed by atoms with van der Waals surface area (Å²) < 4.78 is 0. The molecule has 1 aromatic rings. The number of aryl methyl sites for hydroxylation is 1. The monoisotopic (exact) mass is 308 g/mol. The molecule has 2 N–H and O–H groups in total. The predicted molar refractivity (Wildman–Crippen MR) is 85.2 cm³/mol. The van der Waals surface area contributed by atoms with E-state index in [1.807, 2.05) is 16.7 Å². The van der Waals surface area contributed by atoms with Crippen LogP contribution in [0, 0.1) is 6.92 Å². The van der Waals surface area contributed by atoms with Crippen molar-refractivity contribution in [2.45, 2.75) is 32.1 Å². The third-order valence-corrected chi connectivity index (χ3v) is 5.20. The molecule has 21 heavy (non-hydrogen) atoms. The summed E-state index contributed by atoms with van der Waals surface area (Å²) in [4.78, 5) is 25.1. The van der Waals surface area contributed by atoms with Crippen LogP contribution >= 0.6 is 11.8 Å². The SMILES string of the molecule is Cc1cc(C(=O)O)ccc1NC(=O)N1CCSC(C)C1C. The molecule has 0 spiro atoms. The van der Waals surface area contributed by atoms with Crippen LogP contribution in [0.5, 0.6) is 0 Å². The number of nitrogens with one attached hydrogen (secondary N) is 1. The van der Waals surface area contributed by atoms with Gasteiger partial charge in [0.25, 0.3) is 0 Å². The Hall–Kier alpha value is -1.69. The Morgan fingerprint density at radius 1 is 1.38 bits per heavy atom. The first-order valence-electron chi connectivity index (χ1n) is 6.93. The topological polar surface area (TPSA) is 69.6 Å². The van der Waals surface area contributed by atoms with E-state index in [-0.39, 0.29) is 17.6 Å². The number of anilines is 1. The Morgan fingerprint density at radius 3 is 2.71 bits per heavy atom. The Balaban J connectivity index is 2.10. The van der Waals surface area contributed by atoms with Crippen LogP contribution in [0.3, 0.4) is 0 Å². The Kier molecular flexibility index (Phi) is 4.77. The normalized spacial score (nSPS) is 22.0. The summed E-state index contributed by atoms with van der Waals surface area (Å²) in [6.07, 6.45) is 0. The number of carbonyl (C=O) groups is 2. The predicted octanol–water partition coefficient (Wildman–Crippen LogP) is 3.05. The van der Waals surface area contributed by atoms with Gasteiger partial charge in [0.2, 0.25) is 0 Å². The van der Waals surface area contributed by atoms with Crippen molar-refractivity contribution in [2.24, 2.45) is 0 Å². The minimum atomic E-state index is -0.966. The molecule has 2 unspecified atom stereocenters. The van der Waals surface area contributed by atoms with Gasteiger partial charge in [-0.25, -0.2) is 9.59 Å². The van der Waals surface area contributed by atoms with Crippen molar-refractivity contribution >= 4 is 29.4 Å². The maximum atomic E-state index is 12.4. The maximum Gasteiger partial charge on any atom is 0.335 e.